The lowest BCUT2D eigenvalue weighted by atomic mass is 10.2. The molecular formula is C10H17N5. The molecule has 1 aromatic rings. The number of nitrogen functional groups attached to an aromatic ring is 1. The van der Waals surface area contributed by atoms with E-state index in [9.17, 15) is 0 Å². The van der Waals surface area contributed by atoms with Crippen molar-refractivity contribution in [1.29, 1.82) is 0 Å². The second-order valence-electron chi connectivity index (χ2n) is 4.14. The van der Waals surface area contributed by atoms with Crippen LogP contribution in [0.4, 0.5) is 11.8 Å². The van der Waals surface area contributed by atoms with Crippen LogP contribution in [0.5, 0.6) is 0 Å². The molecule has 1 heterocycles. The molecule has 1 fully saturated rings. The zero-order valence-corrected chi connectivity index (χ0v) is 9.12. The predicted octanol–water partition coefficient (Wildman–Crippen LogP) is 1.28. The molecule has 0 saturated heterocycles. The number of nitrogens with one attached hydrogen (secondary N) is 2. The maximum absolute atomic E-state index is 5.27. The Balaban J connectivity index is 2.11. The molecule has 1 aliphatic rings. The quantitative estimate of drug-likeness (QED) is 0.512. The van der Waals surface area contributed by atoms with Crippen LogP contribution in [0.2, 0.25) is 0 Å². The molecule has 0 amide bonds. The number of aromatic nitrogens is 2. The Morgan fingerprint density at radius 3 is 2.87 bits per heavy atom. The molecule has 1 unspecified atom stereocenters. The van der Waals surface area contributed by atoms with Gasteiger partial charge in [0.05, 0.1) is 0 Å². The Hall–Kier alpha value is -1.36. The number of rotatable bonds is 4. The number of hydrogen-bond acceptors (Lipinski definition) is 5. The maximum atomic E-state index is 5.27. The molecule has 15 heavy (non-hydrogen) atoms. The van der Waals surface area contributed by atoms with Gasteiger partial charge in [-0.25, -0.2) is 10.8 Å². The van der Waals surface area contributed by atoms with Crippen molar-refractivity contribution < 1.29 is 0 Å². The van der Waals surface area contributed by atoms with Gasteiger partial charge in [0.1, 0.15) is 5.82 Å². The van der Waals surface area contributed by atoms with Crippen LogP contribution < -0.4 is 16.6 Å². The Morgan fingerprint density at radius 2 is 2.27 bits per heavy atom. The predicted molar refractivity (Wildman–Crippen MR) is 60.4 cm³/mol. The SMILES string of the molecule is Cc1cnc(NN)nc1NC(C)C1CC1. The second kappa shape index (κ2) is 4.02. The molecule has 5 heteroatoms. The maximum Gasteiger partial charge on any atom is 0.239 e. The zero-order valence-electron chi connectivity index (χ0n) is 9.12. The lowest BCUT2D eigenvalue weighted by Gasteiger charge is -2.15. The number of nitrogens with zero attached hydrogens (tertiary/aromatic N) is 2. The van der Waals surface area contributed by atoms with Crippen LogP contribution in [0.1, 0.15) is 25.3 Å². The fourth-order valence-corrected chi connectivity index (χ4v) is 1.59. The molecule has 1 saturated carbocycles. The standard InChI is InChI=1S/C10H17N5/c1-6-5-12-10(15-11)14-9(6)13-7(2)8-3-4-8/h5,7-8H,3-4,11H2,1-2H3,(H2,12,13,14,15). The van der Waals surface area contributed by atoms with E-state index in [-0.39, 0.29) is 0 Å². The summed E-state index contributed by atoms with van der Waals surface area (Å²) >= 11 is 0. The number of hydrazine groups is 1. The molecule has 2 rings (SSSR count). The molecule has 0 bridgehead atoms. The van der Waals surface area contributed by atoms with Crippen molar-refractivity contribution in [2.75, 3.05) is 10.7 Å². The minimum absolute atomic E-state index is 0.450. The first-order chi connectivity index (χ1) is 7.20. The van der Waals surface area contributed by atoms with Gasteiger partial charge in [0, 0.05) is 17.8 Å². The first-order valence-corrected chi connectivity index (χ1v) is 5.27. The molecule has 0 aromatic carbocycles. The number of anilines is 2. The topological polar surface area (TPSA) is 75.9 Å². The van der Waals surface area contributed by atoms with E-state index in [1.165, 1.54) is 12.8 Å². The summed E-state index contributed by atoms with van der Waals surface area (Å²) in [6.07, 6.45) is 4.41. The minimum Gasteiger partial charge on any atom is -0.367 e. The monoisotopic (exact) mass is 207 g/mol. The Morgan fingerprint density at radius 1 is 1.53 bits per heavy atom. The fourth-order valence-electron chi connectivity index (χ4n) is 1.59. The fraction of sp³-hybridized carbons (Fsp3) is 0.600. The van der Waals surface area contributed by atoms with Crippen LogP contribution in [-0.2, 0) is 0 Å². The van der Waals surface area contributed by atoms with Crippen molar-refractivity contribution in [1.82, 2.24) is 9.97 Å². The Kier molecular flexibility index (Phi) is 2.73. The average molecular weight is 207 g/mol. The molecule has 1 aromatic heterocycles. The van der Waals surface area contributed by atoms with E-state index in [1.54, 1.807) is 6.20 Å². The summed E-state index contributed by atoms with van der Waals surface area (Å²) in [5.41, 5.74) is 3.49. The van der Waals surface area contributed by atoms with E-state index in [4.69, 9.17) is 5.84 Å². The highest BCUT2D eigenvalue weighted by Gasteiger charge is 2.28. The normalized spacial score (nSPS) is 17.3. The molecular weight excluding hydrogens is 190 g/mol. The molecule has 0 aliphatic heterocycles. The zero-order chi connectivity index (χ0) is 10.8. The molecule has 0 radical (unpaired) electrons. The van der Waals surface area contributed by atoms with Crippen LogP contribution >= 0.6 is 0 Å². The van der Waals surface area contributed by atoms with E-state index in [0.717, 1.165) is 17.3 Å². The largest absolute Gasteiger partial charge is 0.367 e. The third-order valence-electron chi connectivity index (χ3n) is 2.79. The molecule has 1 aliphatic carbocycles. The van der Waals surface area contributed by atoms with Crippen molar-refractivity contribution in [3.05, 3.63) is 11.8 Å². The summed E-state index contributed by atoms with van der Waals surface area (Å²) in [6, 6.07) is 0.476. The smallest absolute Gasteiger partial charge is 0.239 e. The highest BCUT2D eigenvalue weighted by atomic mass is 15.3. The average Bonchev–Trinajstić information content (AvgIpc) is 3.04. The van der Waals surface area contributed by atoms with Crippen molar-refractivity contribution >= 4 is 11.8 Å². The molecule has 0 spiro atoms. The van der Waals surface area contributed by atoms with Gasteiger partial charge in [0.15, 0.2) is 0 Å². The Labute approximate surface area is 89.5 Å². The summed E-state index contributed by atoms with van der Waals surface area (Å²) in [7, 11) is 0. The van der Waals surface area contributed by atoms with Crippen molar-refractivity contribution in [2.24, 2.45) is 11.8 Å². The summed E-state index contributed by atoms with van der Waals surface area (Å²) in [6.45, 7) is 4.18. The van der Waals surface area contributed by atoms with Crippen molar-refractivity contribution in [2.45, 2.75) is 32.7 Å². The van der Waals surface area contributed by atoms with Crippen LogP contribution in [0.3, 0.4) is 0 Å². The summed E-state index contributed by atoms with van der Waals surface area (Å²) < 4.78 is 0. The van der Waals surface area contributed by atoms with Gasteiger partial charge in [0.25, 0.3) is 0 Å². The van der Waals surface area contributed by atoms with Gasteiger partial charge in [-0.2, -0.15) is 4.98 Å². The molecule has 4 N–H and O–H groups in total. The molecule has 82 valence electrons. The van der Waals surface area contributed by atoms with Gasteiger partial charge >= 0.3 is 0 Å². The van der Waals surface area contributed by atoms with Crippen LogP contribution in [0.25, 0.3) is 0 Å². The number of nitrogens with two attached hydrogens (primary N) is 1. The number of aryl methyl sites for hydroxylation is 1. The van der Waals surface area contributed by atoms with Gasteiger partial charge < -0.3 is 5.32 Å². The highest BCUT2D eigenvalue weighted by molar-refractivity contribution is 5.46. The second-order valence-corrected chi connectivity index (χ2v) is 4.14. The summed E-state index contributed by atoms with van der Waals surface area (Å²) in [5, 5.41) is 3.40. The lowest BCUT2D eigenvalue weighted by Crippen LogP contribution is -2.20. The van der Waals surface area contributed by atoms with Crippen LogP contribution in [0.15, 0.2) is 6.20 Å². The first kappa shape index (κ1) is 10.2. The van der Waals surface area contributed by atoms with Crippen LogP contribution in [0, 0.1) is 12.8 Å². The highest BCUT2D eigenvalue weighted by Crippen LogP contribution is 2.34. The van der Waals surface area contributed by atoms with E-state index in [0.29, 0.717) is 12.0 Å². The van der Waals surface area contributed by atoms with E-state index >= 15 is 0 Å². The summed E-state index contributed by atoms with van der Waals surface area (Å²) in [4.78, 5) is 8.32. The van der Waals surface area contributed by atoms with E-state index in [1.807, 2.05) is 6.92 Å². The lowest BCUT2D eigenvalue weighted by molar-refractivity contribution is 0.689. The van der Waals surface area contributed by atoms with E-state index in [2.05, 4.69) is 27.6 Å². The van der Waals surface area contributed by atoms with Gasteiger partial charge in [-0.05, 0) is 32.6 Å². The number of hydrogen-bond donors (Lipinski definition) is 3. The van der Waals surface area contributed by atoms with Gasteiger partial charge in [0.2, 0.25) is 5.95 Å². The van der Waals surface area contributed by atoms with Crippen molar-refractivity contribution in [3.8, 4) is 0 Å². The van der Waals surface area contributed by atoms with Gasteiger partial charge in [-0.15, -0.1) is 0 Å². The van der Waals surface area contributed by atoms with Crippen LogP contribution in [-0.4, -0.2) is 16.0 Å². The third kappa shape index (κ3) is 2.36. The molecule has 5 nitrogen and oxygen atoms in total. The summed E-state index contributed by atoms with van der Waals surface area (Å²) in [5.74, 6) is 7.39. The van der Waals surface area contributed by atoms with Gasteiger partial charge in [-0.3, -0.25) is 5.43 Å². The third-order valence-corrected chi connectivity index (χ3v) is 2.79. The van der Waals surface area contributed by atoms with Gasteiger partial charge in [-0.1, -0.05) is 0 Å². The first-order valence-electron chi connectivity index (χ1n) is 5.27. The minimum atomic E-state index is 0.450. The molecule has 1 atom stereocenters. The van der Waals surface area contributed by atoms with E-state index < -0.39 is 0 Å². The van der Waals surface area contributed by atoms with Crippen molar-refractivity contribution in [3.63, 3.8) is 0 Å². The Bertz CT molecular complexity index is 348.